The molecular formula is C13H18N4O. The molecule has 0 spiro atoms. The molecule has 5 nitrogen and oxygen atoms in total. The van der Waals surface area contributed by atoms with Crippen LogP contribution in [0, 0.1) is 0 Å². The van der Waals surface area contributed by atoms with Gasteiger partial charge in [0, 0.05) is 30.3 Å². The number of hydrogen-bond donors (Lipinski definition) is 2. The van der Waals surface area contributed by atoms with Crippen LogP contribution in [-0.2, 0) is 6.42 Å². The van der Waals surface area contributed by atoms with Crippen LogP contribution in [0.25, 0.3) is 5.65 Å². The molecule has 2 aromatic rings. The number of fused-ring (bicyclic) bond motifs is 1. The normalized spacial score (nSPS) is 20.4. The van der Waals surface area contributed by atoms with E-state index in [1.165, 1.54) is 4.52 Å². The fourth-order valence-corrected chi connectivity index (χ4v) is 2.62. The predicted molar refractivity (Wildman–Crippen MR) is 70.0 cm³/mol. The third-order valence-corrected chi connectivity index (χ3v) is 3.69. The van der Waals surface area contributed by atoms with Gasteiger partial charge >= 0.3 is 0 Å². The van der Waals surface area contributed by atoms with Crippen molar-refractivity contribution in [2.75, 3.05) is 13.1 Å². The minimum Gasteiger partial charge on any atom is -0.316 e. The molecular weight excluding hydrogens is 228 g/mol. The second-order valence-electron chi connectivity index (χ2n) is 4.87. The number of aryl methyl sites for hydroxylation is 1. The fourth-order valence-electron chi connectivity index (χ4n) is 2.62. The lowest BCUT2D eigenvalue weighted by molar-refractivity contribution is 0.454. The number of nitrogens with one attached hydrogen (secondary N) is 2. The number of aromatic nitrogens is 3. The van der Waals surface area contributed by atoms with Crippen molar-refractivity contribution in [1.29, 1.82) is 0 Å². The SMILES string of the molecule is CCc1c[nH]n2c(=O)cc(C3CCCNC3)nc12. The van der Waals surface area contributed by atoms with E-state index >= 15 is 0 Å². The Morgan fingerprint density at radius 1 is 1.56 bits per heavy atom. The van der Waals surface area contributed by atoms with E-state index in [2.05, 4.69) is 22.3 Å². The molecule has 1 atom stereocenters. The number of nitrogens with zero attached hydrogens (tertiary/aromatic N) is 2. The second-order valence-corrected chi connectivity index (χ2v) is 4.87. The summed E-state index contributed by atoms with van der Waals surface area (Å²) in [4.78, 5) is 16.7. The van der Waals surface area contributed by atoms with Crippen molar-refractivity contribution in [2.24, 2.45) is 0 Å². The van der Waals surface area contributed by atoms with Crippen LogP contribution in [0.2, 0.25) is 0 Å². The van der Waals surface area contributed by atoms with E-state index in [4.69, 9.17) is 0 Å². The molecule has 5 heteroatoms. The highest BCUT2D eigenvalue weighted by Gasteiger charge is 2.18. The van der Waals surface area contributed by atoms with Crippen molar-refractivity contribution in [3.05, 3.63) is 33.9 Å². The average molecular weight is 246 g/mol. The van der Waals surface area contributed by atoms with Crippen molar-refractivity contribution in [3.63, 3.8) is 0 Å². The highest BCUT2D eigenvalue weighted by molar-refractivity contribution is 5.46. The van der Waals surface area contributed by atoms with Crippen LogP contribution in [0.1, 0.15) is 36.9 Å². The maximum Gasteiger partial charge on any atom is 0.272 e. The molecule has 18 heavy (non-hydrogen) atoms. The van der Waals surface area contributed by atoms with Crippen LogP contribution in [0.15, 0.2) is 17.1 Å². The molecule has 1 aliphatic heterocycles. The van der Waals surface area contributed by atoms with Gasteiger partial charge in [-0.2, -0.15) is 0 Å². The zero-order valence-electron chi connectivity index (χ0n) is 10.6. The lowest BCUT2D eigenvalue weighted by atomic mass is 9.96. The quantitative estimate of drug-likeness (QED) is 0.832. The zero-order chi connectivity index (χ0) is 12.5. The molecule has 1 unspecified atom stereocenters. The predicted octanol–water partition coefficient (Wildman–Crippen LogP) is 1.05. The first-order valence-electron chi connectivity index (χ1n) is 6.60. The molecule has 0 saturated carbocycles. The average Bonchev–Trinajstić information content (AvgIpc) is 2.83. The summed E-state index contributed by atoms with van der Waals surface area (Å²) in [7, 11) is 0. The van der Waals surface area contributed by atoms with Crippen molar-refractivity contribution in [1.82, 2.24) is 19.9 Å². The van der Waals surface area contributed by atoms with E-state index in [-0.39, 0.29) is 5.56 Å². The van der Waals surface area contributed by atoms with Crippen molar-refractivity contribution < 1.29 is 0 Å². The van der Waals surface area contributed by atoms with Crippen molar-refractivity contribution in [3.8, 4) is 0 Å². The number of piperidine rings is 1. The van der Waals surface area contributed by atoms with Gasteiger partial charge in [-0.3, -0.25) is 9.89 Å². The van der Waals surface area contributed by atoms with Crippen LogP contribution in [0.5, 0.6) is 0 Å². The Morgan fingerprint density at radius 2 is 2.44 bits per heavy atom. The summed E-state index contributed by atoms with van der Waals surface area (Å²) in [5.74, 6) is 0.371. The van der Waals surface area contributed by atoms with Gasteiger partial charge < -0.3 is 5.32 Å². The number of aromatic amines is 1. The smallest absolute Gasteiger partial charge is 0.272 e. The van der Waals surface area contributed by atoms with Gasteiger partial charge in [0.25, 0.3) is 5.56 Å². The van der Waals surface area contributed by atoms with E-state index in [0.717, 1.165) is 49.3 Å². The maximum atomic E-state index is 12.0. The van der Waals surface area contributed by atoms with Gasteiger partial charge in [-0.05, 0) is 25.8 Å². The Bertz CT molecular complexity index is 607. The molecule has 2 N–H and O–H groups in total. The van der Waals surface area contributed by atoms with Gasteiger partial charge in [0.1, 0.15) is 0 Å². The van der Waals surface area contributed by atoms with Crippen LogP contribution >= 0.6 is 0 Å². The second kappa shape index (κ2) is 4.57. The summed E-state index contributed by atoms with van der Waals surface area (Å²) in [6.07, 6.45) is 5.01. The molecule has 1 aliphatic rings. The third kappa shape index (κ3) is 1.84. The lowest BCUT2D eigenvalue weighted by Crippen LogP contribution is -2.30. The Hall–Kier alpha value is -1.62. The molecule has 1 fully saturated rings. The topological polar surface area (TPSA) is 62.2 Å². The van der Waals surface area contributed by atoms with Crippen LogP contribution in [0.3, 0.4) is 0 Å². The summed E-state index contributed by atoms with van der Waals surface area (Å²) in [5, 5.41) is 6.33. The molecule has 3 rings (SSSR count). The third-order valence-electron chi connectivity index (χ3n) is 3.69. The summed E-state index contributed by atoms with van der Waals surface area (Å²) >= 11 is 0. The van der Waals surface area contributed by atoms with Gasteiger partial charge in [0.05, 0.1) is 5.69 Å². The van der Waals surface area contributed by atoms with Crippen LogP contribution in [0.4, 0.5) is 0 Å². The minimum absolute atomic E-state index is 0.0136. The molecule has 0 bridgehead atoms. The van der Waals surface area contributed by atoms with E-state index in [1.807, 2.05) is 6.20 Å². The van der Waals surface area contributed by atoms with Gasteiger partial charge in [-0.15, -0.1) is 0 Å². The Balaban J connectivity index is 2.09. The summed E-state index contributed by atoms with van der Waals surface area (Å²) in [5.41, 5.74) is 2.80. The Labute approximate surface area is 105 Å². The first kappa shape index (κ1) is 11.5. The molecule has 0 aliphatic carbocycles. The summed E-state index contributed by atoms with van der Waals surface area (Å²) in [6.45, 7) is 4.07. The molecule has 0 amide bonds. The summed E-state index contributed by atoms with van der Waals surface area (Å²) < 4.78 is 1.53. The first-order valence-corrected chi connectivity index (χ1v) is 6.60. The highest BCUT2D eigenvalue weighted by atomic mass is 16.1. The largest absolute Gasteiger partial charge is 0.316 e. The van der Waals surface area contributed by atoms with Crippen LogP contribution in [-0.4, -0.2) is 27.7 Å². The number of H-pyrrole nitrogens is 1. The molecule has 2 aromatic heterocycles. The Kier molecular flexibility index (Phi) is 2.91. The van der Waals surface area contributed by atoms with E-state index in [0.29, 0.717) is 5.92 Å². The maximum absolute atomic E-state index is 12.0. The Morgan fingerprint density at radius 3 is 3.17 bits per heavy atom. The van der Waals surface area contributed by atoms with Gasteiger partial charge in [-0.1, -0.05) is 6.92 Å². The monoisotopic (exact) mass is 246 g/mol. The molecule has 3 heterocycles. The summed E-state index contributed by atoms with van der Waals surface area (Å²) in [6, 6.07) is 1.67. The molecule has 96 valence electrons. The number of hydrogen-bond acceptors (Lipinski definition) is 3. The van der Waals surface area contributed by atoms with E-state index < -0.39 is 0 Å². The van der Waals surface area contributed by atoms with Gasteiger partial charge in [-0.25, -0.2) is 9.50 Å². The van der Waals surface area contributed by atoms with Crippen molar-refractivity contribution in [2.45, 2.75) is 32.1 Å². The van der Waals surface area contributed by atoms with E-state index in [9.17, 15) is 4.79 Å². The zero-order valence-corrected chi connectivity index (χ0v) is 10.6. The lowest BCUT2D eigenvalue weighted by Gasteiger charge is -2.22. The van der Waals surface area contributed by atoms with Gasteiger partial charge in [0.15, 0.2) is 5.65 Å². The van der Waals surface area contributed by atoms with E-state index in [1.54, 1.807) is 6.07 Å². The number of rotatable bonds is 2. The molecule has 1 saturated heterocycles. The minimum atomic E-state index is -0.0136. The highest BCUT2D eigenvalue weighted by Crippen LogP contribution is 2.21. The first-order chi connectivity index (χ1) is 8.79. The standard InChI is InChI=1S/C13H18N4O/c1-2-9-8-15-17-12(18)6-11(16-13(9)17)10-4-3-5-14-7-10/h6,8,10,14-15H,2-5,7H2,1H3. The fraction of sp³-hybridized carbons (Fsp3) is 0.538. The molecule has 0 radical (unpaired) electrons. The van der Waals surface area contributed by atoms with Crippen LogP contribution < -0.4 is 10.9 Å². The molecule has 0 aromatic carbocycles. The van der Waals surface area contributed by atoms with Crippen molar-refractivity contribution >= 4 is 5.65 Å². The van der Waals surface area contributed by atoms with Gasteiger partial charge in [0.2, 0.25) is 0 Å².